The quantitative estimate of drug-likeness (QED) is 0.626. The number of carbonyl (C=O) groups excluding carboxylic acids is 1. The summed E-state index contributed by atoms with van der Waals surface area (Å²) < 4.78 is 6.48. The minimum atomic E-state index is -2.21. The Morgan fingerprint density at radius 2 is 1.96 bits per heavy atom. The molecule has 0 heterocycles. The van der Waals surface area contributed by atoms with Crippen LogP contribution < -0.4 is 0 Å². The molecule has 0 amide bonds. The Morgan fingerprint density at radius 3 is 2.61 bits per heavy atom. The standard InChI is InChI=1S/C19H24O3Si/c1-18(2,3)23(4,5)22-19-13-9-7-6-8-12-16(20)15(17(19)21)11-10-14-19/h6-7,11,16,20H,10,14H2,1-5H3/b7-6-/t16-,19+/m1/s1. The van der Waals surface area contributed by atoms with E-state index >= 15 is 0 Å². The van der Waals surface area contributed by atoms with Crippen LogP contribution in [-0.4, -0.2) is 30.9 Å². The highest BCUT2D eigenvalue weighted by Gasteiger charge is 2.50. The van der Waals surface area contributed by atoms with Crippen molar-refractivity contribution in [1.82, 2.24) is 0 Å². The number of hydrogen-bond acceptors (Lipinski definition) is 3. The minimum Gasteiger partial charge on any atom is -0.395 e. The van der Waals surface area contributed by atoms with Gasteiger partial charge in [-0.05, 0) is 43.1 Å². The van der Waals surface area contributed by atoms with Crippen LogP contribution in [0.3, 0.4) is 0 Å². The van der Waals surface area contributed by atoms with Crippen molar-refractivity contribution in [1.29, 1.82) is 0 Å². The molecule has 2 rings (SSSR count). The molecule has 122 valence electrons. The van der Waals surface area contributed by atoms with E-state index in [0.29, 0.717) is 18.4 Å². The van der Waals surface area contributed by atoms with Crippen molar-refractivity contribution in [2.75, 3.05) is 0 Å². The van der Waals surface area contributed by atoms with Crippen molar-refractivity contribution < 1.29 is 14.3 Å². The average molecular weight is 328 g/mol. The van der Waals surface area contributed by atoms with Crippen molar-refractivity contribution in [2.24, 2.45) is 0 Å². The van der Waals surface area contributed by atoms with Crippen molar-refractivity contribution in [2.45, 2.75) is 63.5 Å². The lowest BCUT2D eigenvalue weighted by Gasteiger charge is -2.44. The van der Waals surface area contributed by atoms with Crippen LogP contribution in [0.1, 0.15) is 33.6 Å². The summed E-state index contributed by atoms with van der Waals surface area (Å²) in [5.41, 5.74) is -0.857. The molecule has 3 nitrogen and oxygen atoms in total. The highest BCUT2D eigenvalue weighted by molar-refractivity contribution is 6.74. The number of rotatable bonds is 2. The molecule has 0 spiro atoms. The van der Waals surface area contributed by atoms with Crippen molar-refractivity contribution in [3.8, 4) is 23.7 Å². The van der Waals surface area contributed by atoms with Crippen LogP contribution in [0, 0.1) is 23.7 Å². The number of hydrogen-bond donors (Lipinski definition) is 1. The van der Waals surface area contributed by atoms with Gasteiger partial charge in [-0.25, -0.2) is 0 Å². The maximum Gasteiger partial charge on any atom is 0.205 e. The predicted molar refractivity (Wildman–Crippen MR) is 94.0 cm³/mol. The first-order chi connectivity index (χ1) is 10.6. The Bertz CT molecular complexity index is 686. The molecule has 2 atom stereocenters. The Kier molecular flexibility index (Phi) is 4.73. The molecule has 0 saturated heterocycles. The van der Waals surface area contributed by atoms with Gasteiger partial charge in [0.25, 0.3) is 0 Å². The monoisotopic (exact) mass is 328 g/mol. The Balaban J connectivity index is 2.52. The first kappa shape index (κ1) is 17.8. The summed E-state index contributed by atoms with van der Waals surface area (Å²) in [5.74, 6) is 11.1. The first-order valence-electron chi connectivity index (χ1n) is 7.91. The van der Waals surface area contributed by atoms with Gasteiger partial charge < -0.3 is 9.53 Å². The molecule has 2 aliphatic carbocycles. The second-order valence-corrected chi connectivity index (χ2v) is 12.2. The topological polar surface area (TPSA) is 46.5 Å². The lowest BCUT2D eigenvalue weighted by atomic mass is 9.81. The van der Waals surface area contributed by atoms with E-state index in [-0.39, 0.29) is 10.8 Å². The van der Waals surface area contributed by atoms with Gasteiger partial charge in [0, 0.05) is 5.57 Å². The second kappa shape index (κ2) is 6.13. The molecule has 2 aliphatic rings. The van der Waals surface area contributed by atoms with Gasteiger partial charge in [0.2, 0.25) is 5.78 Å². The van der Waals surface area contributed by atoms with Crippen molar-refractivity contribution in [3.63, 3.8) is 0 Å². The van der Waals surface area contributed by atoms with Crippen LogP contribution in [0.25, 0.3) is 0 Å². The maximum absolute atomic E-state index is 13.1. The number of aliphatic hydroxyl groups is 1. The molecule has 23 heavy (non-hydrogen) atoms. The number of aliphatic hydroxyl groups excluding tert-OH is 1. The summed E-state index contributed by atoms with van der Waals surface area (Å²) in [4.78, 5) is 13.1. The van der Waals surface area contributed by atoms with Gasteiger partial charge in [-0.15, -0.1) is 0 Å². The van der Waals surface area contributed by atoms with Gasteiger partial charge in [0.15, 0.2) is 13.9 Å². The highest BCUT2D eigenvalue weighted by atomic mass is 28.4. The highest BCUT2D eigenvalue weighted by Crippen LogP contribution is 2.42. The molecular weight excluding hydrogens is 304 g/mol. The van der Waals surface area contributed by atoms with Crippen LogP contribution in [0.5, 0.6) is 0 Å². The third-order valence-electron chi connectivity index (χ3n) is 4.76. The van der Waals surface area contributed by atoms with E-state index in [1.165, 1.54) is 0 Å². The van der Waals surface area contributed by atoms with Crippen LogP contribution in [0.2, 0.25) is 18.1 Å². The summed E-state index contributed by atoms with van der Waals surface area (Å²) in [5, 5.41) is 10.2. The zero-order valence-corrected chi connectivity index (χ0v) is 15.5. The van der Waals surface area contributed by atoms with E-state index in [9.17, 15) is 9.90 Å². The van der Waals surface area contributed by atoms with Crippen molar-refractivity contribution in [3.05, 3.63) is 23.8 Å². The SMILES string of the molecule is CC(C)(C)[Si](C)(C)O[C@@]12C#C/C=C\C#C[C@@H](O)C(=CCC1)C2=O. The fraction of sp³-hybridized carbons (Fsp3) is 0.526. The Morgan fingerprint density at radius 1 is 1.30 bits per heavy atom. The largest absolute Gasteiger partial charge is 0.395 e. The fourth-order valence-corrected chi connectivity index (χ4v) is 3.81. The van der Waals surface area contributed by atoms with Gasteiger partial charge in [0.05, 0.1) is 0 Å². The van der Waals surface area contributed by atoms with Gasteiger partial charge in [-0.3, -0.25) is 4.79 Å². The van der Waals surface area contributed by atoms with E-state index in [1.54, 1.807) is 18.2 Å². The molecule has 0 unspecified atom stereocenters. The summed E-state index contributed by atoms with van der Waals surface area (Å²) in [7, 11) is -2.21. The zero-order valence-electron chi connectivity index (χ0n) is 14.5. The number of fused-ring (bicyclic) bond motifs is 2. The number of carbonyl (C=O) groups is 1. The predicted octanol–water partition coefficient (Wildman–Crippen LogP) is 2.97. The summed E-state index contributed by atoms with van der Waals surface area (Å²) in [6.07, 6.45) is 5.03. The van der Waals surface area contributed by atoms with E-state index in [4.69, 9.17) is 4.43 Å². The van der Waals surface area contributed by atoms with Gasteiger partial charge in [0.1, 0.15) is 6.10 Å². The summed E-state index contributed by atoms with van der Waals surface area (Å²) in [6, 6.07) is 0. The minimum absolute atomic E-state index is 0.0331. The molecule has 2 bridgehead atoms. The van der Waals surface area contributed by atoms with E-state index < -0.39 is 20.0 Å². The Hall–Kier alpha value is -1.59. The van der Waals surface area contributed by atoms with Crippen LogP contribution in [0.15, 0.2) is 23.8 Å². The van der Waals surface area contributed by atoms with E-state index in [1.807, 2.05) is 0 Å². The third kappa shape index (κ3) is 3.51. The molecule has 0 radical (unpaired) electrons. The van der Waals surface area contributed by atoms with Gasteiger partial charge >= 0.3 is 0 Å². The number of ketones is 1. The van der Waals surface area contributed by atoms with Crippen molar-refractivity contribution >= 4 is 14.1 Å². The number of Topliss-reactive ketones (excluding diaryl/α,β-unsaturated/α-hetero) is 1. The molecule has 0 aliphatic heterocycles. The van der Waals surface area contributed by atoms with Crippen LogP contribution >= 0.6 is 0 Å². The van der Waals surface area contributed by atoms with Gasteiger partial charge in [-0.2, -0.15) is 0 Å². The zero-order chi connectivity index (χ0) is 17.3. The first-order valence-corrected chi connectivity index (χ1v) is 10.8. The summed E-state index contributed by atoms with van der Waals surface area (Å²) >= 11 is 0. The molecule has 0 aromatic heterocycles. The van der Waals surface area contributed by atoms with Crippen LogP contribution in [0.4, 0.5) is 0 Å². The second-order valence-electron chi connectivity index (χ2n) is 7.51. The smallest absolute Gasteiger partial charge is 0.205 e. The third-order valence-corrected chi connectivity index (χ3v) is 9.24. The van der Waals surface area contributed by atoms with Crippen LogP contribution in [-0.2, 0) is 9.22 Å². The lowest BCUT2D eigenvalue weighted by molar-refractivity contribution is -0.128. The average Bonchev–Trinajstić information content (AvgIpc) is 2.42. The van der Waals surface area contributed by atoms with E-state index in [2.05, 4.69) is 57.5 Å². The summed E-state index contributed by atoms with van der Waals surface area (Å²) in [6.45, 7) is 10.6. The molecule has 0 aromatic rings. The molecular formula is C19H24O3Si. The molecule has 0 fully saturated rings. The lowest BCUT2D eigenvalue weighted by Crippen LogP contribution is -2.55. The number of allylic oxidation sites excluding steroid dienone is 3. The maximum atomic E-state index is 13.1. The van der Waals surface area contributed by atoms with Gasteiger partial charge in [-0.1, -0.05) is 50.5 Å². The molecule has 0 saturated carbocycles. The molecule has 0 aromatic carbocycles. The fourth-order valence-electron chi connectivity index (χ4n) is 2.38. The Labute approximate surface area is 139 Å². The normalized spacial score (nSPS) is 28.7. The molecule has 4 heteroatoms. The van der Waals surface area contributed by atoms with E-state index in [0.717, 1.165) is 0 Å². The molecule has 1 N–H and O–H groups in total.